The van der Waals surface area contributed by atoms with Gasteiger partial charge in [0.05, 0.1) is 12.7 Å². The first-order chi connectivity index (χ1) is 9.32. The Morgan fingerprint density at radius 2 is 2.10 bits per heavy atom. The van der Waals surface area contributed by atoms with Gasteiger partial charge in [0.15, 0.2) is 0 Å². The molecule has 8 heteroatoms. The third kappa shape index (κ3) is 2.68. The molecule has 0 saturated heterocycles. The molecule has 0 unspecified atom stereocenters. The molecule has 108 valence electrons. The molecule has 0 amide bonds. The summed E-state index contributed by atoms with van der Waals surface area (Å²) in [6.45, 7) is 1.20. The molecule has 2 rings (SSSR count). The number of nitrogens with zero attached hydrogens (tertiary/aromatic N) is 3. The summed E-state index contributed by atoms with van der Waals surface area (Å²) in [5.41, 5.74) is 0.658. The Morgan fingerprint density at radius 1 is 1.40 bits per heavy atom. The van der Waals surface area contributed by atoms with Gasteiger partial charge in [-0.2, -0.15) is 13.2 Å². The van der Waals surface area contributed by atoms with Crippen LogP contribution in [0, 0.1) is 0 Å². The molecule has 0 fully saturated rings. The Labute approximate surface area is 113 Å². The van der Waals surface area contributed by atoms with E-state index in [0.29, 0.717) is 11.5 Å². The standard InChI is InChI=1S/C12H12F3N3O2/c1-8-6-17(12(13,14)15)7-18(8)10-4-3-9(5-16-10)11(19)20-2/h3-6H,7H2,1-2H3. The van der Waals surface area contributed by atoms with E-state index in [1.54, 1.807) is 6.92 Å². The van der Waals surface area contributed by atoms with E-state index in [4.69, 9.17) is 0 Å². The van der Waals surface area contributed by atoms with Gasteiger partial charge in [-0.25, -0.2) is 9.78 Å². The van der Waals surface area contributed by atoms with E-state index in [2.05, 4.69) is 9.72 Å². The van der Waals surface area contributed by atoms with Crippen molar-refractivity contribution < 1.29 is 22.7 Å². The lowest BCUT2D eigenvalue weighted by atomic mass is 10.3. The summed E-state index contributed by atoms with van der Waals surface area (Å²) in [5.74, 6) is -0.215. The summed E-state index contributed by atoms with van der Waals surface area (Å²) >= 11 is 0. The number of ether oxygens (including phenoxy) is 1. The molecule has 1 aliphatic heterocycles. The van der Waals surface area contributed by atoms with E-state index in [1.807, 2.05) is 0 Å². The van der Waals surface area contributed by atoms with Gasteiger partial charge >= 0.3 is 12.3 Å². The fourth-order valence-electron chi connectivity index (χ4n) is 1.79. The van der Waals surface area contributed by atoms with Crippen molar-refractivity contribution in [3.8, 4) is 0 Å². The average molecular weight is 287 g/mol. The number of esters is 1. The predicted octanol–water partition coefficient (Wildman–Crippen LogP) is 2.33. The number of pyridine rings is 1. The third-order valence-electron chi connectivity index (χ3n) is 2.83. The molecule has 0 aliphatic carbocycles. The normalized spacial score (nSPS) is 15.3. The first-order valence-electron chi connectivity index (χ1n) is 5.66. The zero-order valence-corrected chi connectivity index (χ0v) is 10.8. The minimum Gasteiger partial charge on any atom is -0.465 e. The van der Waals surface area contributed by atoms with Crippen LogP contribution >= 0.6 is 0 Å². The lowest BCUT2D eigenvalue weighted by Crippen LogP contribution is -2.36. The minimum atomic E-state index is -4.43. The monoisotopic (exact) mass is 287 g/mol. The molecule has 20 heavy (non-hydrogen) atoms. The van der Waals surface area contributed by atoms with Crippen molar-refractivity contribution in [1.29, 1.82) is 0 Å². The highest BCUT2D eigenvalue weighted by Crippen LogP contribution is 2.30. The lowest BCUT2D eigenvalue weighted by molar-refractivity contribution is -0.224. The van der Waals surface area contributed by atoms with Crippen LogP contribution in [0.2, 0.25) is 0 Å². The summed E-state index contributed by atoms with van der Waals surface area (Å²) in [4.78, 5) is 16.9. The van der Waals surface area contributed by atoms with Crippen molar-refractivity contribution in [3.63, 3.8) is 0 Å². The Balaban J connectivity index is 2.18. The summed E-state index contributed by atoms with van der Waals surface area (Å²) in [7, 11) is 1.24. The van der Waals surface area contributed by atoms with Gasteiger partial charge in [0.1, 0.15) is 12.5 Å². The van der Waals surface area contributed by atoms with Crippen LogP contribution in [0.1, 0.15) is 17.3 Å². The van der Waals surface area contributed by atoms with Crippen LogP contribution in [-0.2, 0) is 4.74 Å². The van der Waals surface area contributed by atoms with Crippen LogP contribution in [0.4, 0.5) is 19.0 Å². The smallest absolute Gasteiger partial charge is 0.465 e. The van der Waals surface area contributed by atoms with Gasteiger partial charge in [0, 0.05) is 18.1 Å². The number of methoxy groups -OCH3 is 1. The molecule has 5 nitrogen and oxygen atoms in total. The largest absolute Gasteiger partial charge is 0.485 e. The molecule has 0 saturated carbocycles. The second-order valence-electron chi connectivity index (χ2n) is 4.17. The third-order valence-corrected chi connectivity index (χ3v) is 2.83. The molecule has 0 radical (unpaired) electrons. The van der Waals surface area contributed by atoms with E-state index in [9.17, 15) is 18.0 Å². The number of carbonyl (C=O) groups is 1. The second-order valence-corrected chi connectivity index (χ2v) is 4.17. The molecule has 0 aromatic carbocycles. The Morgan fingerprint density at radius 3 is 2.55 bits per heavy atom. The summed E-state index contributed by atoms with van der Waals surface area (Å²) in [6.07, 6.45) is -2.15. The van der Waals surface area contributed by atoms with Gasteiger partial charge in [-0.15, -0.1) is 0 Å². The van der Waals surface area contributed by atoms with Gasteiger partial charge < -0.3 is 9.64 Å². The fraction of sp³-hybridized carbons (Fsp3) is 0.333. The highest BCUT2D eigenvalue weighted by Gasteiger charge is 2.39. The number of alkyl halides is 3. The Hall–Kier alpha value is -2.25. The molecule has 0 spiro atoms. The van der Waals surface area contributed by atoms with E-state index < -0.39 is 12.3 Å². The number of halogens is 3. The lowest BCUT2D eigenvalue weighted by Gasteiger charge is -2.23. The van der Waals surface area contributed by atoms with Gasteiger partial charge in [-0.3, -0.25) is 4.90 Å². The maximum atomic E-state index is 12.6. The second kappa shape index (κ2) is 5.03. The first-order valence-corrected chi connectivity index (χ1v) is 5.66. The maximum Gasteiger partial charge on any atom is 0.485 e. The fourth-order valence-corrected chi connectivity index (χ4v) is 1.79. The molecule has 1 aliphatic rings. The SMILES string of the molecule is COC(=O)c1ccc(N2CN(C(F)(F)F)C=C2C)nc1. The van der Waals surface area contributed by atoms with Crippen molar-refractivity contribution in [2.45, 2.75) is 13.2 Å². The maximum absolute atomic E-state index is 12.6. The topological polar surface area (TPSA) is 45.7 Å². The zero-order chi connectivity index (χ0) is 14.9. The summed E-state index contributed by atoms with van der Waals surface area (Å²) in [6, 6.07) is 2.93. The van der Waals surface area contributed by atoms with Crippen LogP contribution in [0.25, 0.3) is 0 Å². The minimum absolute atomic E-state index is 0.241. The zero-order valence-electron chi connectivity index (χ0n) is 10.8. The quantitative estimate of drug-likeness (QED) is 0.617. The predicted molar refractivity (Wildman–Crippen MR) is 64.6 cm³/mol. The van der Waals surface area contributed by atoms with Crippen molar-refractivity contribution >= 4 is 11.8 Å². The molecular weight excluding hydrogens is 275 g/mol. The first kappa shape index (κ1) is 14.2. The molecule has 1 aromatic rings. The van der Waals surface area contributed by atoms with Gasteiger partial charge in [-0.05, 0) is 19.1 Å². The highest BCUT2D eigenvalue weighted by atomic mass is 19.4. The van der Waals surface area contributed by atoms with Crippen LogP contribution in [0.3, 0.4) is 0 Å². The number of carbonyl (C=O) groups excluding carboxylic acids is 1. The van der Waals surface area contributed by atoms with Crippen molar-refractivity contribution in [2.24, 2.45) is 0 Å². The molecule has 0 atom stereocenters. The Bertz CT molecular complexity index is 540. The van der Waals surface area contributed by atoms with Crippen molar-refractivity contribution in [3.05, 3.63) is 35.8 Å². The van der Waals surface area contributed by atoms with E-state index in [0.717, 1.165) is 6.20 Å². The van der Waals surface area contributed by atoms with Crippen LogP contribution in [-0.4, -0.2) is 35.9 Å². The number of hydrogen-bond donors (Lipinski definition) is 0. The molecular formula is C12H12F3N3O2. The number of allylic oxidation sites excluding steroid dienone is 1. The molecule has 0 bridgehead atoms. The summed E-state index contributed by atoms with van der Waals surface area (Å²) in [5, 5.41) is 0. The average Bonchev–Trinajstić information content (AvgIpc) is 2.80. The van der Waals surface area contributed by atoms with Gasteiger partial charge in [-0.1, -0.05) is 0 Å². The highest BCUT2D eigenvalue weighted by molar-refractivity contribution is 5.89. The number of hydrogen-bond acceptors (Lipinski definition) is 5. The van der Waals surface area contributed by atoms with Crippen molar-refractivity contribution in [1.82, 2.24) is 9.88 Å². The van der Waals surface area contributed by atoms with E-state index >= 15 is 0 Å². The number of aromatic nitrogens is 1. The number of rotatable bonds is 2. The van der Waals surface area contributed by atoms with E-state index in [-0.39, 0.29) is 17.1 Å². The van der Waals surface area contributed by atoms with Crippen molar-refractivity contribution in [2.75, 3.05) is 18.7 Å². The molecule has 2 heterocycles. The number of anilines is 1. The van der Waals surface area contributed by atoms with Crippen LogP contribution in [0.15, 0.2) is 30.2 Å². The molecule has 1 aromatic heterocycles. The van der Waals surface area contributed by atoms with Gasteiger partial charge in [0.2, 0.25) is 0 Å². The van der Waals surface area contributed by atoms with E-state index in [1.165, 1.54) is 30.3 Å². The Kier molecular flexibility index (Phi) is 3.56. The molecule has 0 N–H and O–H groups in total. The van der Waals surface area contributed by atoms with Crippen LogP contribution < -0.4 is 4.90 Å². The van der Waals surface area contributed by atoms with Gasteiger partial charge in [0.25, 0.3) is 0 Å². The summed E-state index contributed by atoms with van der Waals surface area (Å²) < 4.78 is 42.4. The van der Waals surface area contributed by atoms with Crippen LogP contribution in [0.5, 0.6) is 0 Å².